The monoisotopic (exact) mass is 299 g/mol. The van der Waals surface area contributed by atoms with E-state index in [0.717, 1.165) is 19.3 Å². The molecule has 3 rings (SSSR count). The van der Waals surface area contributed by atoms with Crippen molar-refractivity contribution >= 4 is 34.8 Å². The zero-order valence-corrected chi connectivity index (χ0v) is 12.1. The number of hydrogen-bond donors (Lipinski definition) is 0. The minimum Gasteiger partial charge on any atom is -0.275 e. The van der Waals surface area contributed by atoms with Gasteiger partial charge in [0.05, 0.1) is 18.4 Å². The summed E-state index contributed by atoms with van der Waals surface area (Å²) in [6.07, 6.45) is 2.73. The highest BCUT2D eigenvalue weighted by molar-refractivity contribution is 7.15. The van der Waals surface area contributed by atoms with E-state index in [1.54, 1.807) is 0 Å². The molecule has 2 fully saturated rings. The molecule has 2 heterocycles. The van der Waals surface area contributed by atoms with Gasteiger partial charge in [0.15, 0.2) is 0 Å². The van der Waals surface area contributed by atoms with Gasteiger partial charge in [-0.3, -0.25) is 14.5 Å². The topological polar surface area (TPSA) is 63.2 Å². The van der Waals surface area contributed by atoms with Crippen LogP contribution in [0.5, 0.6) is 0 Å². The van der Waals surface area contributed by atoms with Gasteiger partial charge in [-0.05, 0) is 30.4 Å². The molecule has 2 aliphatic rings. The van der Waals surface area contributed by atoms with Crippen molar-refractivity contribution in [3.63, 3.8) is 0 Å². The lowest BCUT2D eigenvalue weighted by Crippen LogP contribution is -2.31. The van der Waals surface area contributed by atoms with Gasteiger partial charge in [-0.15, -0.1) is 10.2 Å². The molecule has 0 bridgehead atoms. The van der Waals surface area contributed by atoms with Crippen LogP contribution in [0.1, 0.15) is 31.2 Å². The van der Waals surface area contributed by atoms with Crippen LogP contribution < -0.4 is 0 Å². The van der Waals surface area contributed by atoms with Gasteiger partial charge in [0.25, 0.3) is 0 Å². The Kier molecular flexibility index (Phi) is 3.30. The van der Waals surface area contributed by atoms with Gasteiger partial charge in [-0.1, -0.05) is 24.7 Å². The first-order valence-corrected chi connectivity index (χ1v) is 7.62. The Balaban J connectivity index is 1.75. The summed E-state index contributed by atoms with van der Waals surface area (Å²) in [6.45, 7) is 2.33. The molecule has 1 aliphatic heterocycles. The summed E-state index contributed by atoms with van der Waals surface area (Å²) in [5.74, 6) is 0.206. The molecule has 0 aromatic carbocycles. The smallest absolute Gasteiger partial charge is 0.233 e. The maximum Gasteiger partial charge on any atom is 0.233 e. The third kappa shape index (κ3) is 2.17. The molecule has 5 nitrogen and oxygen atoms in total. The Morgan fingerprint density at radius 2 is 1.89 bits per heavy atom. The van der Waals surface area contributed by atoms with E-state index in [9.17, 15) is 9.59 Å². The van der Waals surface area contributed by atoms with E-state index in [1.165, 1.54) is 16.2 Å². The molecule has 0 spiro atoms. The number of aromatic nitrogens is 2. The fourth-order valence-corrected chi connectivity index (χ4v) is 3.98. The van der Waals surface area contributed by atoms with E-state index in [1.807, 2.05) is 0 Å². The normalized spacial score (nSPS) is 30.2. The Hall–Kier alpha value is -1.01. The van der Waals surface area contributed by atoms with Crippen molar-refractivity contribution in [2.45, 2.75) is 32.7 Å². The summed E-state index contributed by atoms with van der Waals surface area (Å²) in [5.41, 5.74) is 0. The number of nitrogens with zero attached hydrogens (tertiary/aromatic N) is 3. The van der Waals surface area contributed by atoms with Crippen LogP contribution in [0.25, 0.3) is 0 Å². The molecule has 7 heteroatoms. The van der Waals surface area contributed by atoms with Crippen LogP contribution in [-0.2, 0) is 16.1 Å². The largest absolute Gasteiger partial charge is 0.275 e. The predicted octanol–water partition coefficient (Wildman–Crippen LogP) is 2.11. The van der Waals surface area contributed by atoms with Crippen LogP contribution in [0, 0.1) is 17.8 Å². The number of imide groups is 1. The Morgan fingerprint density at radius 3 is 2.37 bits per heavy atom. The van der Waals surface area contributed by atoms with Crippen molar-refractivity contribution in [1.82, 2.24) is 15.1 Å². The summed E-state index contributed by atoms with van der Waals surface area (Å²) in [4.78, 5) is 25.9. The summed E-state index contributed by atoms with van der Waals surface area (Å²) in [7, 11) is 0. The first kappa shape index (κ1) is 13.0. The fraction of sp³-hybridized carbons (Fsp3) is 0.667. The van der Waals surface area contributed by atoms with Crippen molar-refractivity contribution < 1.29 is 9.59 Å². The number of carbonyl (C=O) groups excluding carboxylic acids is 2. The molecule has 2 amide bonds. The maximum atomic E-state index is 12.3. The lowest BCUT2D eigenvalue weighted by atomic mass is 10.00. The molecular weight excluding hydrogens is 286 g/mol. The van der Waals surface area contributed by atoms with E-state index in [-0.39, 0.29) is 30.2 Å². The molecular formula is C12H14ClN3O2S. The second-order valence-corrected chi connectivity index (χ2v) is 6.81. The van der Waals surface area contributed by atoms with Crippen LogP contribution in [0.4, 0.5) is 0 Å². The lowest BCUT2D eigenvalue weighted by Gasteiger charge is -2.15. The average Bonchev–Trinajstić information content (AvgIpc) is 3.04. The first-order chi connectivity index (χ1) is 9.10. The van der Waals surface area contributed by atoms with Gasteiger partial charge in [0.2, 0.25) is 16.3 Å². The van der Waals surface area contributed by atoms with Crippen LogP contribution in [0.15, 0.2) is 0 Å². The van der Waals surface area contributed by atoms with Crippen molar-refractivity contribution in [2.24, 2.45) is 17.8 Å². The van der Waals surface area contributed by atoms with Crippen LogP contribution >= 0.6 is 22.9 Å². The second-order valence-electron chi connectivity index (χ2n) is 5.17. The molecule has 2 atom stereocenters. The molecule has 19 heavy (non-hydrogen) atoms. The summed E-state index contributed by atoms with van der Waals surface area (Å²) < 4.78 is 0.334. The zero-order chi connectivity index (χ0) is 13.6. The van der Waals surface area contributed by atoms with Gasteiger partial charge in [0.1, 0.15) is 5.01 Å². The number of fused-ring (bicyclic) bond motifs is 1. The number of likely N-dealkylation sites (tertiary alicyclic amines) is 1. The highest BCUT2D eigenvalue weighted by Crippen LogP contribution is 2.44. The Labute approximate surface area is 120 Å². The summed E-state index contributed by atoms with van der Waals surface area (Å²) in [5, 5.41) is 8.16. The number of hydrogen-bond acceptors (Lipinski definition) is 5. The van der Waals surface area contributed by atoms with Gasteiger partial charge < -0.3 is 0 Å². The third-order valence-electron chi connectivity index (χ3n) is 4.14. The van der Waals surface area contributed by atoms with Crippen molar-refractivity contribution in [3.8, 4) is 0 Å². The number of rotatable bonds is 3. The molecule has 2 unspecified atom stereocenters. The average molecular weight is 300 g/mol. The third-order valence-corrected chi connectivity index (χ3v) is 5.14. The van der Waals surface area contributed by atoms with Crippen molar-refractivity contribution in [1.29, 1.82) is 0 Å². The quantitative estimate of drug-likeness (QED) is 0.802. The molecule has 0 N–H and O–H groups in total. The molecule has 1 aromatic rings. The van der Waals surface area contributed by atoms with E-state index < -0.39 is 0 Å². The molecule has 1 aliphatic carbocycles. The maximum absolute atomic E-state index is 12.3. The zero-order valence-electron chi connectivity index (χ0n) is 10.5. The number of halogens is 1. The Morgan fingerprint density at radius 1 is 1.26 bits per heavy atom. The molecule has 1 saturated heterocycles. The van der Waals surface area contributed by atoms with Gasteiger partial charge in [0, 0.05) is 0 Å². The highest BCUT2D eigenvalue weighted by Gasteiger charge is 2.52. The lowest BCUT2D eigenvalue weighted by molar-refractivity contribution is -0.141. The molecule has 1 saturated carbocycles. The van der Waals surface area contributed by atoms with E-state index >= 15 is 0 Å². The summed E-state index contributed by atoms with van der Waals surface area (Å²) >= 11 is 6.92. The van der Waals surface area contributed by atoms with E-state index in [4.69, 9.17) is 11.6 Å². The van der Waals surface area contributed by atoms with Crippen LogP contribution in [0.3, 0.4) is 0 Å². The van der Waals surface area contributed by atoms with Crippen LogP contribution in [-0.4, -0.2) is 26.9 Å². The summed E-state index contributed by atoms with van der Waals surface area (Å²) in [6, 6.07) is 0. The molecule has 1 aromatic heterocycles. The highest BCUT2D eigenvalue weighted by atomic mass is 35.5. The first-order valence-electron chi connectivity index (χ1n) is 6.43. The van der Waals surface area contributed by atoms with Gasteiger partial charge in [-0.25, -0.2) is 0 Å². The van der Waals surface area contributed by atoms with Crippen LogP contribution in [0.2, 0.25) is 4.47 Å². The van der Waals surface area contributed by atoms with Crippen molar-refractivity contribution in [3.05, 3.63) is 9.47 Å². The standard InChI is InChI=1S/C12H14ClN3O2S/c1-2-6-3-7-8(4-6)11(18)16(10(7)17)5-9-14-15-12(13)19-9/h6-8H,2-5H2,1H3. The molecule has 102 valence electrons. The fourth-order valence-electron chi connectivity index (χ4n) is 3.12. The predicted molar refractivity (Wildman–Crippen MR) is 70.5 cm³/mol. The minimum atomic E-state index is -0.110. The van der Waals surface area contributed by atoms with E-state index in [0.29, 0.717) is 15.4 Å². The number of carbonyl (C=O) groups is 2. The minimum absolute atomic E-state index is 0.0442. The van der Waals surface area contributed by atoms with Gasteiger partial charge >= 0.3 is 0 Å². The SMILES string of the molecule is CCC1CC2C(=O)N(Cc3nnc(Cl)s3)C(=O)C2C1. The van der Waals surface area contributed by atoms with Gasteiger partial charge in [-0.2, -0.15) is 0 Å². The van der Waals surface area contributed by atoms with E-state index in [2.05, 4.69) is 17.1 Å². The number of amides is 2. The van der Waals surface area contributed by atoms with Crippen molar-refractivity contribution in [2.75, 3.05) is 0 Å². The second kappa shape index (κ2) is 4.83. The Bertz CT molecular complexity index is 509. The molecule has 0 radical (unpaired) electrons.